The van der Waals surface area contributed by atoms with Crippen LogP contribution < -0.4 is 5.32 Å². The Balaban J connectivity index is 1.87. The lowest BCUT2D eigenvalue weighted by Gasteiger charge is -2.08. The Kier molecular flexibility index (Phi) is 3.73. The Morgan fingerprint density at radius 2 is 2.32 bits per heavy atom. The molecule has 0 radical (unpaired) electrons. The van der Waals surface area contributed by atoms with Crippen molar-refractivity contribution in [3.05, 3.63) is 29.0 Å². The zero-order valence-corrected chi connectivity index (χ0v) is 11.8. The molecule has 0 spiro atoms. The molecule has 1 aromatic heterocycles. The monoisotopic (exact) mass is 279 g/mol. The highest BCUT2D eigenvalue weighted by Gasteiger charge is 2.27. The van der Waals surface area contributed by atoms with Crippen LogP contribution in [0.1, 0.15) is 24.7 Å². The number of imidazole rings is 1. The van der Waals surface area contributed by atoms with E-state index in [2.05, 4.69) is 16.0 Å². The summed E-state index contributed by atoms with van der Waals surface area (Å²) in [7, 11) is 1.71. The van der Waals surface area contributed by atoms with E-state index in [1.165, 1.54) is 18.4 Å². The highest BCUT2D eigenvalue weighted by molar-refractivity contribution is 6.31. The van der Waals surface area contributed by atoms with Crippen LogP contribution in [0.3, 0.4) is 0 Å². The Morgan fingerprint density at radius 3 is 3.05 bits per heavy atom. The third kappa shape index (κ3) is 2.76. The molecule has 1 saturated carbocycles. The van der Waals surface area contributed by atoms with Crippen molar-refractivity contribution < 1.29 is 4.74 Å². The minimum atomic E-state index is 0.616. The van der Waals surface area contributed by atoms with Crippen molar-refractivity contribution in [1.82, 2.24) is 14.9 Å². The zero-order chi connectivity index (χ0) is 13.2. The molecule has 1 N–H and O–H groups in total. The second-order valence-electron chi connectivity index (χ2n) is 4.93. The molecule has 0 atom stereocenters. The lowest BCUT2D eigenvalue weighted by atomic mass is 10.3. The van der Waals surface area contributed by atoms with Gasteiger partial charge >= 0.3 is 0 Å². The summed E-state index contributed by atoms with van der Waals surface area (Å²) in [5.41, 5.74) is 2.18. The van der Waals surface area contributed by atoms with Crippen LogP contribution in [0, 0.1) is 0 Å². The summed E-state index contributed by atoms with van der Waals surface area (Å²) in [6, 6.07) is 6.56. The van der Waals surface area contributed by atoms with Crippen molar-refractivity contribution in [2.75, 3.05) is 20.3 Å². The van der Waals surface area contributed by atoms with Gasteiger partial charge in [0.2, 0.25) is 0 Å². The van der Waals surface area contributed by atoms with E-state index in [1.54, 1.807) is 7.11 Å². The van der Waals surface area contributed by atoms with Gasteiger partial charge in [-0.1, -0.05) is 11.6 Å². The van der Waals surface area contributed by atoms with Crippen molar-refractivity contribution in [3.63, 3.8) is 0 Å². The zero-order valence-electron chi connectivity index (χ0n) is 11.0. The van der Waals surface area contributed by atoms with Crippen LogP contribution in [0.25, 0.3) is 11.0 Å². The summed E-state index contributed by atoms with van der Waals surface area (Å²) < 4.78 is 7.39. The average molecular weight is 280 g/mol. The van der Waals surface area contributed by atoms with Gasteiger partial charge in [0.1, 0.15) is 5.82 Å². The highest BCUT2D eigenvalue weighted by atomic mass is 35.5. The van der Waals surface area contributed by atoms with Crippen LogP contribution in [0.5, 0.6) is 0 Å². The quantitative estimate of drug-likeness (QED) is 0.827. The second kappa shape index (κ2) is 5.49. The lowest BCUT2D eigenvalue weighted by Crippen LogP contribution is -2.21. The molecular formula is C14H18ClN3O. The van der Waals surface area contributed by atoms with E-state index < -0.39 is 0 Å². The fourth-order valence-corrected chi connectivity index (χ4v) is 2.53. The fourth-order valence-electron chi connectivity index (χ4n) is 2.36. The van der Waals surface area contributed by atoms with Crippen molar-refractivity contribution in [2.45, 2.75) is 25.4 Å². The molecule has 2 aromatic rings. The predicted octanol–water partition coefficient (Wildman–Crippen LogP) is 2.76. The number of nitrogens with zero attached hydrogens (tertiary/aromatic N) is 2. The first-order chi connectivity index (χ1) is 9.29. The molecule has 1 fully saturated rings. The van der Waals surface area contributed by atoms with E-state index in [0.29, 0.717) is 6.04 Å². The van der Waals surface area contributed by atoms with Crippen LogP contribution in [0.4, 0.5) is 0 Å². The van der Waals surface area contributed by atoms with Gasteiger partial charge in [-0.15, -0.1) is 0 Å². The van der Waals surface area contributed by atoms with E-state index >= 15 is 0 Å². The van der Waals surface area contributed by atoms with Crippen molar-refractivity contribution in [1.29, 1.82) is 0 Å². The molecule has 19 heavy (non-hydrogen) atoms. The Bertz CT molecular complexity index is 577. The van der Waals surface area contributed by atoms with Gasteiger partial charge in [-0.05, 0) is 31.0 Å². The Hall–Kier alpha value is -1.10. The normalized spacial score (nSPS) is 15.3. The maximum absolute atomic E-state index is 6.04. The lowest BCUT2D eigenvalue weighted by molar-refractivity contribution is 0.199. The molecule has 4 nitrogen and oxygen atoms in total. The number of nitrogens with one attached hydrogen (secondary N) is 1. The predicted molar refractivity (Wildman–Crippen MR) is 76.6 cm³/mol. The maximum atomic E-state index is 6.04. The fraction of sp³-hybridized carbons (Fsp3) is 0.500. The molecule has 102 valence electrons. The molecule has 5 heteroatoms. The topological polar surface area (TPSA) is 39.1 Å². The van der Waals surface area contributed by atoms with Crippen molar-refractivity contribution >= 4 is 22.6 Å². The van der Waals surface area contributed by atoms with Crippen LogP contribution in [-0.4, -0.2) is 29.8 Å². The summed E-state index contributed by atoms with van der Waals surface area (Å²) in [4.78, 5) is 4.71. The second-order valence-corrected chi connectivity index (χ2v) is 5.37. The van der Waals surface area contributed by atoms with E-state index in [4.69, 9.17) is 21.3 Å². The third-order valence-electron chi connectivity index (χ3n) is 3.40. The van der Waals surface area contributed by atoms with Gasteiger partial charge in [0, 0.05) is 24.7 Å². The van der Waals surface area contributed by atoms with Gasteiger partial charge in [-0.2, -0.15) is 0 Å². The minimum Gasteiger partial charge on any atom is -0.383 e. The first kappa shape index (κ1) is 12.9. The molecule has 1 aromatic carbocycles. The molecule has 0 aliphatic heterocycles. The smallest absolute Gasteiger partial charge is 0.124 e. The van der Waals surface area contributed by atoms with Crippen LogP contribution in [0.2, 0.25) is 5.02 Å². The number of hydrogen-bond donors (Lipinski definition) is 1. The molecule has 0 unspecified atom stereocenters. The Morgan fingerprint density at radius 1 is 1.47 bits per heavy atom. The first-order valence-corrected chi connectivity index (χ1v) is 7.03. The number of rotatable bonds is 6. The SMILES string of the molecule is COCCNCc1nc2cc(Cl)ccc2n1C1CC1. The maximum Gasteiger partial charge on any atom is 0.124 e. The van der Waals surface area contributed by atoms with Gasteiger partial charge in [0.05, 0.1) is 24.2 Å². The summed E-state index contributed by atoms with van der Waals surface area (Å²) >= 11 is 6.04. The molecule has 3 rings (SSSR count). The minimum absolute atomic E-state index is 0.616. The standard InChI is InChI=1S/C14H18ClN3O/c1-19-7-6-16-9-14-17-12-8-10(15)2-5-13(12)18(14)11-3-4-11/h2,5,8,11,16H,3-4,6-7,9H2,1H3. The molecule has 0 bridgehead atoms. The largest absolute Gasteiger partial charge is 0.383 e. The summed E-state index contributed by atoms with van der Waals surface area (Å²) in [6.45, 7) is 2.33. The molecule has 1 heterocycles. The third-order valence-corrected chi connectivity index (χ3v) is 3.64. The van der Waals surface area contributed by atoms with Crippen molar-refractivity contribution in [2.24, 2.45) is 0 Å². The number of fused-ring (bicyclic) bond motifs is 1. The number of hydrogen-bond acceptors (Lipinski definition) is 3. The molecule has 1 aliphatic carbocycles. The number of aromatic nitrogens is 2. The van der Waals surface area contributed by atoms with Crippen LogP contribution >= 0.6 is 11.6 Å². The van der Waals surface area contributed by atoms with E-state index in [1.807, 2.05) is 12.1 Å². The number of benzene rings is 1. The van der Waals surface area contributed by atoms with Gasteiger partial charge in [-0.25, -0.2) is 4.98 Å². The van der Waals surface area contributed by atoms with Gasteiger partial charge < -0.3 is 14.6 Å². The number of halogens is 1. The van der Waals surface area contributed by atoms with E-state index in [0.717, 1.165) is 36.1 Å². The molecular weight excluding hydrogens is 262 g/mol. The average Bonchev–Trinajstić information content (AvgIpc) is 3.16. The van der Waals surface area contributed by atoms with Crippen LogP contribution in [0.15, 0.2) is 18.2 Å². The summed E-state index contributed by atoms with van der Waals surface area (Å²) in [6.07, 6.45) is 2.50. The van der Waals surface area contributed by atoms with Gasteiger partial charge in [-0.3, -0.25) is 0 Å². The Labute approximate surface area is 117 Å². The number of ether oxygens (including phenoxy) is 1. The summed E-state index contributed by atoms with van der Waals surface area (Å²) in [5, 5.41) is 4.10. The number of methoxy groups -OCH3 is 1. The molecule has 0 saturated heterocycles. The van der Waals surface area contributed by atoms with E-state index in [9.17, 15) is 0 Å². The van der Waals surface area contributed by atoms with Crippen LogP contribution in [-0.2, 0) is 11.3 Å². The van der Waals surface area contributed by atoms with Gasteiger partial charge in [0.15, 0.2) is 0 Å². The van der Waals surface area contributed by atoms with Gasteiger partial charge in [0.25, 0.3) is 0 Å². The van der Waals surface area contributed by atoms with Crippen molar-refractivity contribution in [3.8, 4) is 0 Å². The highest BCUT2D eigenvalue weighted by Crippen LogP contribution is 2.39. The first-order valence-electron chi connectivity index (χ1n) is 6.65. The summed E-state index contributed by atoms with van der Waals surface area (Å²) in [5.74, 6) is 1.09. The molecule has 1 aliphatic rings. The molecule has 0 amide bonds. The van der Waals surface area contributed by atoms with E-state index in [-0.39, 0.29) is 0 Å².